The van der Waals surface area contributed by atoms with E-state index in [-0.39, 0.29) is 24.7 Å². The fourth-order valence-electron chi connectivity index (χ4n) is 0.622. The number of nitrogens with two attached hydrogens (primary N) is 1. The summed E-state index contributed by atoms with van der Waals surface area (Å²) >= 11 is 0. The SMILES string of the molecule is Cl.NNC(=O)Cc1ccco1. The molecule has 0 aliphatic carbocycles. The van der Waals surface area contributed by atoms with E-state index in [9.17, 15) is 4.79 Å². The fourth-order valence-corrected chi connectivity index (χ4v) is 0.622. The summed E-state index contributed by atoms with van der Waals surface area (Å²) in [7, 11) is 0. The summed E-state index contributed by atoms with van der Waals surface area (Å²) in [4.78, 5) is 10.6. The van der Waals surface area contributed by atoms with E-state index >= 15 is 0 Å². The average Bonchev–Trinajstić information content (AvgIpc) is 2.40. The smallest absolute Gasteiger partial charge is 0.241 e. The molecule has 1 rings (SSSR count). The van der Waals surface area contributed by atoms with Crippen molar-refractivity contribution in [1.29, 1.82) is 0 Å². The van der Waals surface area contributed by atoms with Crippen molar-refractivity contribution in [1.82, 2.24) is 5.43 Å². The third-order valence-corrected chi connectivity index (χ3v) is 1.08. The van der Waals surface area contributed by atoms with Gasteiger partial charge >= 0.3 is 0 Å². The summed E-state index contributed by atoms with van der Waals surface area (Å²) in [6, 6.07) is 3.44. The molecule has 1 heterocycles. The van der Waals surface area contributed by atoms with Crippen LogP contribution in [0.25, 0.3) is 0 Å². The van der Waals surface area contributed by atoms with Crippen LogP contribution < -0.4 is 11.3 Å². The van der Waals surface area contributed by atoms with Crippen LogP contribution in [0.1, 0.15) is 5.76 Å². The van der Waals surface area contributed by atoms with Gasteiger partial charge in [-0.3, -0.25) is 10.2 Å². The van der Waals surface area contributed by atoms with E-state index in [0.717, 1.165) is 0 Å². The Labute approximate surface area is 70.1 Å². The van der Waals surface area contributed by atoms with Crippen LogP contribution in [-0.4, -0.2) is 5.91 Å². The number of rotatable bonds is 2. The fraction of sp³-hybridized carbons (Fsp3) is 0.167. The number of carbonyl (C=O) groups is 1. The highest BCUT2D eigenvalue weighted by atomic mass is 35.5. The largest absolute Gasteiger partial charge is 0.469 e. The van der Waals surface area contributed by atoms with Crippen molar-refractivity contribution < 1.29 is 9.21 Å². The summed E-state index contributed by atoms with van der Waals surface area (Å²) in [5, 5.41) is 0. The van der Waals surface area contributed by atoms with Gasteiger partial charge in [-0.1, -0.05) is 0 Å². The second-order valence-electron chi connectivity index (χ2n) is 1.82. The number of nitrogens with one attached hydrogen (secondary N) is 1. The molecule has 62 valence electrons. The minimum absolute atomic E-state index is 0. The topological polar surface area (TPSA) is 68.3 Å². The Morgan fingerprint density at radius 2 is 2.45 bits per heavy atom. The van der Waals surface area contributed by atoms with Gasteiger partial charge in [0.1, 0.15) is 5.76 Å². The van der Waals surface area contributed by atoms with Gasteiger partial charge in [0.05, 0.1) is 12.7 Å². The summed E-state index contributed by atoms with van der Waals surface area (Å²) < 4.78 is 4.89. The lowest BCUT2D eigenvalue weighted by Crippen LogP contribution is -2.31. The van der Waals surface area contributed by atoms with Gasteiger partial charge in [-0.25, -0.2) is 5.84 Å². The summed E-state index contributed by atoms with van der Waals surface area (Å²) in [5.41, 5.74) is 2.00. The van der Waals surface area contributed by atoms with E-state index in [4.69, 9.17) is 10.3 Å². The van der Waals surface area contributed by atoms with E-state index in [1.165, 1.54) is 6.26 Å². The van der Waals surface area contributed by atoms with Gasteiger partial charge in [0.25, 0.3) is 0 Å². The first kappa shape index (κ1) is 10.0. The van der Waals surface area contributed by atoms with Crippen molar-refractivity contribution in [2.45, 2.75) is 6.42 Å². The molecule has 0 aliphatic heterocycles. The average molecular weight is 177 g/mol. The highest BCUT2D eigenvalue weighted by Gasteiger charge is 2.01. The lowest BCUT2D eigenvalue weighted by Gasteiger charge is -1.93. The molecule has 5 heteroatoms. The maximum atomic E-state index is 10.6. The minimum Gasteiger partial charge on any atom is -0.469 e. The van der Waals surface area contributed by atoms with E-state index in [0.29, 0.717) is 5.76 Å². The van der Waals surface area contributed by atoms with Crippen LogP contribution in [0.3, 0.4) is 0 Å². The van der Waals surface area contributed by atoms with Gasteiger partial charge in [-0.2, -0.15) is 0 Å². The Balaban J connectivity index is 0.000001000. The standard InChI is InChI=1S/C6H8N2O2.ClH/c7-8-6(9)4-5-2-1-3-10-5;/h1-3H,4,7H2,(H,8,9);1H. The van der Waals surface area contributed by atoms with Gasteiger partial charge in [-0.15, -0.1) is 12.4 Å². The molecule has 11 heavy (non-hydrogen) atoms. The van der Waals surface area contributed by atoms with Crippen molar-refractivity contribution in [3.8, 4) is 0 Å². The van der Waals surface area contributed by atoms with E-state index in [1.807, 2.05) is 5.43 Å². The summed E-state index contributed by atoms with van der Waals surface area (Å²) in [5.74, 6) is 5.21. The molecule has 0 radical (unpaired) electrons. The van der Waals surface area contributed by atoms with E-state index < -0.39 is 0 Å². The molecule has 0 fully saturated rings. The molecule has 0 aromatic carbocycles. The van der Waals surface area contributed by atoms with Crippen molar-refractivity contribution >= 4 is 18.3 Å². The Hall–Kier alpha value is -1.00. The molecule has 0 saturated carbocycles. The van der Waals surface area contributed by atoms with Crippen molar-refractivity contribution in [3.05, 3.63) is 24.2 Å². The van der Waals surface area contributed by atoms with Crippen LogP contribution in [0.2, 0.25) is 0 Å². The molecule has 0 atom stereocenters. The van der Waals surface area contributed by atoms with Gasteiger partial charge in [0.2, 0.25) is 5.91 Å². The molecule has 0 saturated heterocycles. The molecule has 1 aromatic heterocycles. The van der Waals surface area contributed by atoms with Crippen LogP contribution in [0.5, 0.6) is 0 Å². The Bertz CT molecular complexity index is 210. The van der Waals surface area contributed by atoms with Crippen molar-refractivity contribution in [2.75, 3.05) is 0 Å². The van der Waals surface area contributed by atoms with E-state index in [2.05, 4.69) is 0 Å². The van der Waals surface area contributed by atoms with Gasteiger partial charge in [0.15, 0.2) is 0 Å². The van der Waals surface area contributed by atoms with Gasteiger partial charge in [0, 0.05) is 0 Å². The van der Waals surface area contributed by atoms with Crippen LogP contribution in [0.15, 0.2) is 22.8 Å². The van der Waals surface area contributed by atoms with Gasteiger partial charge < -0.3 is 4.42 Å². The third-order valence-electron chi connectivity index (χ3n) is 1.08. The van der Waals surface area contributed by atoms with Crippen LogP contribution >= 0.6 is 12.4 Å². The summed E-state index contributed by atoms with van der Waals surface area (Å²) in [6.07, 6.45) is 1.71. The quantitative estimate of drug-likeness (QED) is 0.385. The number of halogens is 1. The second kappa shape index (κ2) is 4.76. The first-order valence-corrected chi connectivity index (χ1v) is 2.85. The maximum absolute atomic E-state index is 10.6. The Morgan fingerprint density at radius 1 is 1.73 bits per heavy atom. The zero-order valence-electron chi connectivity index (χ0n) is 5.74. The van der Waals surface area contributed by atoms with Crippen molar-refractivity contribution in [2.24, 2.45) is 5.84 Å². The number of hydrazine groups is 1. The highest BCUT2D eigenvalue weighted by Crippen LogP contribution is 1.99. The monoisotopic (exact) mass is 176 g/mol. The Morgan fingerprint density at radius 3 is 2.91 bits per heavy atom. The predicted molar refractivity (Wildman–Crippen MR) is 42.0 cm³/mol. The maximum Gasteiger partial charge on any atom is 0.241 e. The number of carbonyl (C=O) groups excluding carboxylic acids is 1. The second-order valence-corrected chi connectivity index (χ2v) is 1.82. The minimum atomic E-state index is -0.255. The number of hydrogen-bond acceptors (Lipinski definition) is 3. The molecule has 0 bridgehead atoms. The molecule has 0 spiro atoms. The first-order valence-electron chi connectivity index (χ1n) is 2.85. The van der Waals surface area contributed by atoms with Gasteiger partial charge in [-0.05, 0) is 12.1 Å². The number of hydrogen-bond donors (Lipinski definition) is 2. The van der Waals surface area contributed by atoms with E-state index in [1.54, 1.807) is 12.1 Å². The highest BCUT2D eigenvalue weighted by molar-refractivity contribution is 5.85. The van der Waals surface area contributed by atoms with Crippen molar-refractivity contribution in [3.63, 3.8) is 0 Å². The Kier molecular flexibility index (Phi) is 4.33. The normalized spacial score (nSPS) is 8.45. The number of amides is 1. The van der Waals surface area contributed by atoms with Crippen LogP contribution in [0.4, 0.5) is 0 Å². The molecule has 1 amide bonds. The molecule has 3 N–H and O–H groups in total. The third kappa shape index (κ3) is 3.06. The zero-order valence-corrected chi connectivity index (χ0v) is 6.56. The predicted octanol–water partition coefficient (Wildman–Crippen LogP) is 0.234. The zero-order chi connectivity index (χ0) is 7.40. The molecular formula is C6H9ClN2O2. The number of furan rings is 1. The molecule has 0 aliphatic rings. The van der Waals surface area contributed by atoms with Crippen LogP contribution in [-0.2, 0) is 11.2 Å². The lowest BCUT2D eigenvalue weighted by atomic mass is 10.3. The van der Waals surface area contributed by atoms with Crippen LogP contribution in [0, 0.1) is 0 Å². The molecular weight excluding hydrogens is 168 g/mol. The molecule has 0 unspecified atom stereocenters. The molecule has 4 nitrogen and oxygen atoms in total. The first-order chi connectivity index (χ1) is 4.83. The lowest BCUT2D eigenvalue weighted by molar-refractivity contribution is -0.120. The molecule has 1 aromatic rings. The summed E-state index contributed by atoms with van der Waals surface area (Å²) in [6.45, 7) is 0.